The Kier molecular flexibility index (Phi) is 4.87. The number of thioether (sulfide) groups is 1. The van der Waals surface area contributed by atoms with Gasteiger partial charge in [0.1, 0.15) is 0 Å². The van der Waals surface area contributed by atoms with Crippen LogP contribution in [0.2, 0.25) is 0 Å². The van der Waals surface area contributed by atoms with Crippen LogP contribution < -0.4 is 0 Å². The van der Waals surface area contributed by atoms with Crippen LogP contribution in [0.3, 0.4) is 0 Å². The van der Waals surface area contributed by atoms with Crippen LogP contribution in [0.25, 0.3) is 11.3 Å². The van der Waals surface area contributed by atoms with Gasteiger partial charge < -0.3 is 5.11 Å². The van der Waals surface area contributed by atoms with Crippen molar-refractivity contribution in [3.8, 4) is 11.3 Å². The van der Waals surface area contributed by atoms with Crippen molar-refractivity contribution < 1.29 is 10.0 Å². The molecule has 7 heteroatoms. The van der Waals surface area contributed by atoms with E-state index in [-0.39, 0.29) is 5.69 Å². The lowest BCUT2D eigenvalue weighted by Crippen LogP contribution is -2.02. The minimum absolute atomic E-state index is 0.0766. The Hall–Kier alpha value is -1.99. The molecule has 1 heterocycles. The molecule has 0 saturated heterocycles. The zero-order valence-electron chi connectivity index (χ0n) is 11.7. The maximum absolute atomic E-state index is 11.1. The topological polar surface area (TPSA) is 89.2 Å². The summed E-state index contributed by atoms with van der Waals surface area (Å²) in [4.78, 5) is 19.0. The molecule has 1 unspecified atom stereocenters. The third-order valence-corrected chi connectivity index (χ3v) is 3.64. The van der Waals surface area contributed by atoms with Gasteiger partial charge in [-0.15, -0.1) is 0 Å². The number of rotatable bonds is 5. The summed E-state index contributed by atoms with van der Waals surface area (Å²) in [5, 5.41) is 21.7. The molecule has 0 radical (unpaired) electrons. The summed E-state index contributed by atoms with van der Waals surface area (Å²) < 4.78 is 0. The third kappa shape index (κ3) is 3.37. The van der Waals surface area contributed by atoms with E-state index in [1.807, 2.05) is 6.26 Å². The Morgan fingerprint density at radius 3 is 2.81 bits per heavy atom. The van der Waals surface area contributed by atoms with Crippen LogP contribution in [0.5, 0.6) is 0 Å². The predicted octanol–water partition coefficient (Wildman–Crippen LogP) is 3.22. The molecule has 1 atom stereocenters. The minimum Gasteiger partial charge on any atom is -0.388 e. The van der Waals surface area contributed by atoms with Crippen LogP contribution in [0.15, 0.2) is 35.6 Å². The molecular formula is C14H15N3O3S. The number of benzene rings is 1. The highest BCUT2D eigenvalue weighted by atomic mass is 32.2. The SMILES string of the molecule is CCC(O)c1cc(-c2ccnc(SC)n2)ccc1[N+](=O)[O-]. The lowest BCUT2D eigenvalue weighted by Gasteiger charge is -2.11. The Bertz CT molecular complexity index is 664. The second kappa shape index (κ2) is 6.64. The Labute approximate surface area is 126 Å². The molecule has 1 aromatic heterocycles. The Morgan fingerprint density at radius 1 is 1.43 bits per heavy atom. The summed E-state index contributed by atoms with van der Waals surface area (Å²) in [6.07, 6.45) is 3.06. The van der Waals surface area contributed by atoms with Crippen molar-refractivity contribution in [2.24, 2.45) is 0 Å². The first kappa shape index (κ1) is 15.4. The molecule has 21 heavy (non-hydrogen) atoms. The number of aliphatic hydroxyl groups excluding tert-OH is 1. The van der Waals surface area contributed by atoms with E-state index < -0.39 is 11.0 Å². The lowest BCUT2D eigenvalue weighted by molar-refractivity contribution is -0.386. The molecule has 2 aromatic rings. The highest BCUT2D eigenvalue weighted by molar-refractivity contribution is 7.98. The first-order chi connectivity index (χ1) is 10.1. The van der Waals surface area contributed by atoms with Gasteiger partial charge >= 0.3 is 0 Å². The van der Waals surface area contributed by atoms with E-state index in [4.69, 9.17) is 0 Å². The molecular weight excluding hydrogens is 290 g/mol. The molecule has 2 rings (SSSR count). The Balaban J connectivity index is 2.52. The quantitative estimate of drug-likeness (QED) is 0.395. The summed E-state index contributed by atoms with van der Waals surface area (Å²) in [7, 11) is 0. The third-order valence-electron chi connectivity index (χ3n) is 3.08. The van der Waals surface area contributed by atoms with Crippen LogP contribution in [0.4, 0.5) is 5.69 Å². The fraction of sp³-hybridized carbons (Fsp3) is 0.286. The van der Waals surface area contributed by atoms with Gasteiger partial charge in [-0.3, -0.25) is 10.1 Å². The number of aromatic nitrogens is 2. The van der Waals surface area contributed by atoms with Crippen LogP contribution >= 0.6 is 11.8 Å². The van der Waals surface area contributed by atoms with Gasteiger partial charge in [0.2, 0.25) is 0 Å². The normalized spacial score (nSPS) is 12.1. The molecule has 0 amide bonds. The molecule has 0 aliphatic carbocycles. The van der Waals surface area contributed by atoms with E-state index in [9.17, 15) is 15.2 Å². The van der Waals surface area contributed by atoms with Crippen molar-refractivity contribution in [2.45, 2.75) is 24.6 Å². The fourth-order valence-corrected chi connectivity index (χ4v) is 2.32. The van der Waals surface area contributed by atoms with Crippen LogP contribution in [-0.2, 0) is 0 Å². The van der Waals surface area contributed by atoms with Crippen molar-refractivity contribution >= 4 is 17.4 Å². The van der Waals surface area contributed by atoms with Crippen LogP contribution in [-0.4, -0.2) is 26.3 Å². The number of nitro benzene ring substituents is 1. The second-order valence-electron chi connectivity index (χ2n) is 4.38. The summed E-state index contributed by atoms with van der Waals surface area (Å²) in [5.74, 6) is 0. The highest BCUT2D eigenvalue weighted by Crippen LogP contribution is 2.31. The molecule has 110 valence electrons. The first-order valence-corrected chi connectivity index (χ1v) is 7.63. The summed E-state index contributed by atoms with van der Waals surface area (Å²) in [5.41, 5.74) is 1.63. The summed E-state index contributed by atoms with van der Waals surface area (Å²) >= 11 is 1.42. The van der Waals surface area contributed by atoms with Crippen LogP contribution in [0.1, 0.15) is 25.0 Å². The minimum atomic E-state index is -0.868. The van der Waals surface area contributed by atoms with E-state index in [0.29, 0.717) is 22.8 Å². The molecule has 1 N–H and O–H groups in total. The summed E-state index contributed by atoms with van der Waals surface area (Å²) in [6, 6.07) is 6.41. The van der Waals surface area contributed by atoms with Crippen LogP contribution in [0, 0.1) is 10.1 Å². The van der Waals surface area contributed by atoms with E-state index in [1.165, 1.54) is 17.8 Å². The Morgan fingerprint density at radius 2 is 2.19 bits per heavy atom. The summed E-state index contributed by atoms with van der Waals surface area (Å²) in [6.45, 7) is 1.78. The molecule has 0 saturated carbocycles. The van der Waals surface area contributed by atoms with Crippen molar-refractivity contribution in [2.75, 3.05) is 6.26 Å². The monoisotopic (exact) mass is 305 g/mol. The van der Waals surface area contributed by atoms with Gasteiger partial charge in [-0.2, -0.15) is 0 Å². The largest absolute Gasteiger partial charge is 0.388 e. The lowest BCUT2D eigenvalue weighted by atomic mass is 10.0. The fourth-order valence-electron chi connectivity index (χ4n) is 1.97. The molecule has 6 nitrogen and oxygen atoms in total. The van der Waals surface area contributed by atoms with E-state index in [0.717, 1.165) is 5.56 Å². The molecule has 0 bridgehead atoms. The average molecular weight is 305 g/mol. The number of nitro groups is 1. The number of hydrogen-bond acceptors (Lipinski definition) is 6. The van der Waals surface area contributed by atoms with E-state index >= 15 is 0 Å². The standard InChI is InChI=1S/C14H15N3O3S/c1-3-13(18)10-8-9(4-5-12(10)17(19)20)11-6-7-15-14(16-11)21-2/h4-8,13,18H,3H2,1-2H3. The first-order valence-electron chi connectivity index (χ1n) is 6.40. The molecule has 0 spiro atoms. The average Bonchev–Trinajstić information content (AvgIpc) is 2.53. The number of aliphatic hydroxyl groups is 1. The molecule has 0 fully saturated rings. The van der Waals surface area contributed by atoms with Gasteiger partial charge in [0.05, 0.1) is 22.3 Å². The number of hydrogen-bond donors (Lipinski definition) is 1. The zero-order valence-corrected chi connectivity index (χ0v) is 12.5. The smallest absolute Gasteiger partial charge is 0.275 e. The van der Waals surface area contributed by atoms with Gasteiger partial charge in [0.15, 0.2) is 5.16 Å². The van der Waals surface area contributed by atoms with Gasteiger partial charge in [0, 0.05) is 17.8 Å². The predicted molar refractivity (Wildman–Crippen MR) is 81.2 cm³/mol. The van der Waals surface area contributed by atoms with Gasteiger partial charge in [-0.05, 0) is 30.9 Å². The maximum Gasteiger partial charge on any atom is 0.275 e. The second-order valence-corrected chi connectivity index (χ2v) is 5.16. The van der Waals surface area contributed by atoms with Crippen molar-refractivity contribution in [3.63, 3.8) is 0 Å². The van der Waals surface area contributed by atoms with Gasteiger partial charge in [-0.25, -0.2) is 9.97 Å². The van der Waals surface area contributed by atoms with Gasteiger partial charge in [-0.1, -0.05) is 18.7 Å². The molecule has 1 aromatic carbocycles. The van der Waals surface area contributed by atoms with Crippen molar-refractivity contribution in [3.05, 3.63) is 46.1 Å². The number of nitrogens with zero attached hydrogens (tertiary/aromatic N) is 3. The van der Waals surface area contributed by atoms with E-state index in [2.05, 4.69) is 9.97 Å². The molecule has 0 aliphatic rings. The molecule has 0 aliphatic heterocycles. The zero-order chi connectivity index (χ0) is 15.4. The highest BCUT2D eigenvalue weighted by Gasteiger charge is 2.20. The van der Waals surface area contributed by atoms with Gasteiger partial charge in [0.25, 0.3) is 5.69 Å². The maximum atomic E-state index is 11.1. The van der Waals surface area contributed by atoms with Crippen molar-refractivity contribution in [1.29, 1.82) is 0 Å². The van der Waals surface area contributed by atoms with Crippen molar-refractivity contribution in [1.82, 2.24) is 9.97 Å². The van der Waals surface area contributed by atoms with E-state index in [1.54, 1.807) is 31.3 Å².